The fourth-order valence-corrected chi connectivity index (χ4v) is 5.15. The zero-order chi connectivity index (χ0) is 26.1. The second kappa shape index (κ2) is 10.2. The minimum Gasteiger partial charge on any atom is -0.494 e. The molecule has 2 aromatic heterocycles. The summed E-state index contributed by atoms with van der Waals surface area (Å²) in [5, 5.41) is 12.1. The number of aryl methyl sites for hydroxylation is 1. The van der Waals surface area contributed by atoms with E-state index in [4.69, 9.17) is 9.98 Å². The van der Waals surface area contributed by atoms with Gasteiger partial charge in [0, 0.05) is 31.0 Å². The Morgan fingerprint density at radius 1 is 1.08 bits per heavy atom. The number of likely N-dealkylation sites (tertiary alicyclic amines) is 1. The molecule has 37 heavy (non-hydrogen) atoms. The third-order valence-electron chi connectivity index (χ3n) is 7.27. The van der Waals surface area contributed by atoms with E-state index in [0.717, 1.165) is 48.3 Å². The van der Waals surface area contributed by atoms with Gasteiger partial charge in [-0.05, 0) is 63.7 Å². The molecule has 7 heteroatoms. The summed E-state index contributed by atoms with van der Waals surface area (Å²) < 4.78 is 1.36. The number of anilines is 1. The van der Waals surface area contributed by atoms with Crippen molar-refractivity contribution in [3.63, 3.8) is 0 Å². The molecule has 0 bridgehead atoms. The molecule has 0 radical (unpaired) electrons. The number of aliphatic imine (C=N–C) groups is 1. The van der Waals surface area contributed by atoms with Crippen LogP contribution in [-0.2, 0) is 0 Å². The van der Waals surface area contributed by atoms with Gasteiger partial charge in [-0.2, -0.15) is 0 Å². The fraction of sp³-hybridized carbons (Fsp3) is 0.300. The molecule has 0 amide bonds. The summed E-state index contributed by atoms with van der Waals surface area (Å²) in [5.41, 5.74) is 4.31. The van der Waals surface area contributed by atoms with Crippen LogP contribution in [0, 0.1) is 6.92 Å². The Balaban J connectivity index is 1.59. The molecule has 0 atom stereocenters. The lowest BCUT2D eigenvalue weighted by molar-refractivity contribution is 0.0933. The van der Waals surface area contributed by atoms with E-state index in [2.05, 4.69) is 23.9 Å². The van der Waals surface area contributed by atoms with Crippen molar-refractivity contribution in [3.05, 3.63) is 83.6 Å². The van der Waals surface area contributed by atoms with Gasteiger partial charge < -0.3 is 14.9 Å². The topological polar surface area (TPSA) is 74.0 Å². The summed E-state index contributed by atoms with van der Waals surface area (Å²) in [6, 6.07) is 20.0. The van der Waals surface area contributed by atoms with Gasteiger partial charge in [0.1, 0.15) is 5.82 Å². The van der Waals surface area contributed by atoms with Gasteiger partial charge in [0.15, 0.2) is 0 Å². The first kappa shape index (κ1) is 24.7. The molecule has 0 aliphatic carbocycles. The zero-order valence-corrected chi connectivity index (χ0v) is 21.8. The molecule has 2 aromatic carbocycles. The first-order valence-corrected chi connectivity index (χ1v) is 12.7. The van der Waals surface area contributed by atoms with Gasteiger partial charge in [0.2, 0.25) is 11.8 Å². The second-order valence-electron chi connectivity index (χ2n) is 9.92. The predicted octanol–water partition coefficient (Wildman–Crippen LogP) is 5.41. The van der Waals surface area contributed by atoms with Crippen molar-refractivity contribution in [1.82, 2.24) is 14.5 Å². The summed E-state index contributed by atoms with van der Waals surface area (Å²) in [6.07, 6.45) is 4.01. The van der Waals surface area contributed by atoms with E-state index >= 15 is 0 Å². The van der Waals surface area contributed by atoms with Gasteiger partial charge in [0.25, 0.3) is 0 Å². The molecule has 1 aliphatic rings. The molecule has 0 spiro atoms. The van der Waals surface area contributed by atoms with E-state index in [0.29, 0.717) is 28.5 Å². The molecule has 5 rings (SSSR count). The Kier molecular flexibility index (Phi) is 6.80. The van der Waals surface area contributed by atoms with E-state index in [9.17, 15) is 9.90 Å². The van der Waals surface area contributed by atoms with Gasteiger partial charge in [-0.15, -0.1) is 0 Å². The number of nitrogens with zero attached hydrogens (tertiary/aromatic N) is 5. The van der Waals surface area contributed by atoms with Crippen molar-refractivity contribution in [2.24, 2.45) is 4.99 Å². The van der Waals surface area contributed by atoms with Crippen LogP contribution in [0.25, 0.3) is 10.9 Å². The molecule has 1 aliphatic heterocycles. The number of carbonyl (C=O) groups is 1. The van der Waals surface area contributed by atoms with Crippen LogP contribution in [0.2, 0.25) is 0 Å². The molecule has 1 fully saturated rings. The highest BCUT2D eigenvalue weighted by molar-refractivity contribution is 6.23. The predicted molar refractivity (Wildman–Crippen MR) is 150 cm³/mol. The summed E-state index contributed by atoms with van der Waals surface area (Å²) in [7, 11) is 4.27. The number of hydrogen-bond donors (Lipinski definition) is 1. The van der Waals surface area contributed by atoms with Gasteiger partial charge in [-0.1, -0.05) is 42.5 Å². The lowest BCUT2D eigenvalue weighted by atomic mass is 10.0. The SMILES string of the molecule is CC(=O)n1c(O)c(C(=Nc2ccc(N(C)C3CCN(C)CC3)nc2)c2ccccc2)c2ccc(C)cc21. The smallest absolute Gasteiger partial charge is 0.230 e. The summed E-state index contributed by atoms with van der Waals surface area (Å²) in [4.78, 5) is 26.8. The van der Waals surface area contributed by atoms with Crippen LogP contribution in [0.4, 0.5) is 11.5 Å². The highest BCUT2D eigenvalue weighted by atomic mass is 16.3. The average Bonchev–Trinajstić information content (AvgIpc) is 3.19. The first-order valence-electron chi connectivity index (χ1n) is 12.7. The number of aromatic hydroxyl groups is 1. The zero-order valence-electron chi connectivity index (χ0n) is 21.8. The third kappa shape index (κ3) is 4.87. The molecule has 0 saturated carbocycles. The van der Waals surface area contributed by atoms with Crippen LogP contribution >= 0.6 is 0 Å². The Morgan fingerprint density at radius 3 is 2.46 bits per heavy atom. The average molecular weight is 496 g/mol. The number of rotatable bonds is 5. The summed E-state index contributed by atoms with van der Waals surface area (Å²) >= 11 is 0. The highest BCUT2D eigenvalue weighted by Gasteiger charge is 2.25. The van der Waals surface area contributed by atoms with Crippen molar-refractivity contribution in [1.29, 1.82) is 0 Å². The lowest BCUT2D eigenvalue weighted by Crippen LogP contribution is -2.42. The molecular weight excluding hydrogens is 462 g/mol. The van der Waals surface area contributed by atoms with Crippen LogP contribution < -0.4 is 4.90 Å². The van der Waals surface area contributed by atoms with Crippen molar-refractivity contribution < 1.29 is 9.90 Å². The normalized spacial score (nSPS) is 15.3. The monoisotopic (exact) mass is 495 g/mol. The van der Waals surface area contributed by atoms with Crippen molar-refractivity contribution in [2.45, 2.75) is 32.7 Å². The standard InChI is InChI=1S/C30H33N5O2/c1-20-10-12-25-26(18-20)35(21(2)36)30(37)28(25)29(22-8-6-5-7-9-22)32-23-11-13-27(31-19-23)34(4)24-14-16-33(3)17-15-24/h5-13,18-19,24,37H,14-17H2,1-4H3. The van der Waals surface area contributed by atoms with Crippen LogP contribution in [0.5, 0.6) is 5.88 Å². The van der Waals surface area contributed by atoms with E-state index in [-0.39, 0.29) is 11.8 Å². The quantitative estimate of drug-likeness (QED) is 0.375. The number of fused-ring (bicyclic) bond motifs is 1. The minimum absolute atomic E-state index is 0.109. The molecule has 0 unspecified atom stereocenters. The maximum Gasteiger partial charge on any atom is 0.230 e. The van der Waals surface area contributed by atoms with Crippen LogP contribution in [-0.4, -0.2) is 64.4 Å². The van der Waals surface area contributed by atoms with Crippen molar-refractivity contribution in [3.8, 4) is 5.88 Å². The molecule has 1 saturated heterocycles. The fourth-order valence-electron chi connectivity index (χ4n) is 5.15. The van der Waals surface area contributed by atoms with E-state index < -0.39 is 0 Å². The van der Waals surface area contributed by atoms with E-state index in [1.54, 1.807) is 6.20 Å². The number of hydrogen-bond acceptors (Lipinski definition) is 6. The Morgan fingerprint density at radius 2 is 1.81 bits per heavy atom. The minimum atomic E-state index is -0.255. The van der Waals surface area contributed by atoms with Crippen molar-refractivity contribution in [2.75, 3.05) is 32.1 Å². The number of carbonyl (C=O) groups excluding carboxylic acids is 1. The molecule has 190 valence electrons. The maximum absolute atomic E-state index is 12.5. The van der Waals surface area contributed by atoms with Crippen LogP contribution in [0.3, 0.4) is 0 Å². The van der Waals surface area contributed by atoms with Gasteiger partial charge in [0.05, 0.1) is 28.7 Å². The Bertz CT molecular complexity index is 1450. The van der Waals surface area contributed by atoms with E-state index in [1.165, 1.54) is 11.5 Å². The van der Waals surface area contributed by atoms with Gasteiger partial charge >= 0.3 is 0 Å². The number of benzene rings is 2. The molecule has 3 heterocycles. The largest absolute Gasteiger partial charge is 0.494 e. The summed E-state index contributed by atoms with van der Waals surface area (Å²) in [5.74, 6) is 0.554. The third-order valence-corrected chi connectivity index (χ3v) is 7.27. The molecule has 1 N–H and O–H groups in total. The van der Waals surface area contributed by atoms with Gasteiger partial charge in [-0.25, -0.2) is 9.98 Å². The van der Waals surface area contributed by atoms with Crippen LogP contribution in [0.15, 0.2) is 71.9 Å². The molecule has 7 nitrogen and oxygen atoms in total. The second-order valence-corrected chi connectivity index (χ2v) is 9.92. The molecular formula is C30H33N5O2. The molecule has 4 aromatic rings. The Hall–Kier alpha value is -3.97. The summed E-state index contributed by atoms with van der Waals surface area (Å²) in [6.45, 7) is 5.60. The maximum atomic E-state index is 12.5. The van der Waals surface area contributed by atoms with E-state index in [1.807, 2.05) is 67.6 Å². The van der Waals surface area contributed by atoms with Gasteiger partial charge in [-0.3, -0.25) is 9.36 Å². The van der Waals surface area contributed by atoms with Crippen LogP contribution in [0.1, 0.15) is 41.3 Å². The van der Waals surface area contributed by atoms with Crippen molar-refractivity contribution >= 4 is 34.0 Å². The number of piperidine rings is 1. The highest BCUT2D eigenvalue weighted by Crippen LogP contribution is 2.35. The number of pyridine rings is 1. The number of aromatic nitrogens is 2. The first-order chi connectivity index (χ1) is 17.8. The lowest BCUT2D eigenvalue weighted by Gasteiger charge is -2.35. The Labute approximate surface area is 217 Å².